The average molecular weight is 367 g/mol. The molecule has 4 aromatic rings. The standard InChI is InChI=1S/C23H21N5/c1-2-15-10-16(23-25-12-17-11-24-9-8-21(17)27-23)4-7-20(15)22(3-1)28-13-18-5-6-19(14-28)26-18/h1-4,7-12,18-19,26H,5-6,13-14H2. The van der Waals surface area contributed by atoms with Gasteiger partial charge in [-0.05, 0) is 36.4 Å². The molecule has 0 saturated carbocycles. The Balaban J connectivity index is 1.41. The molecule has 2 aliphatic heterocycles. The highest BCUT2D eigenvalue weighted by atomic mass is 15.2. The van der Waals surface area contributed by atoms with Crippen molar-refractivity contribution in [3.8, 4) is 11.4 Å². The summed E-state index contributed by atoms with van der Waals surface area (Å²) in [5.74, 6) is 0.756. The number of anilines is 1. The normalized spacial score (nSPS) is 21.5. The zero-order valence-electron chi connectivity index (χ0n) is 15.5. The first-order valence-electron chi connectivity index (χ1n) is 9.94. The van der Waals surface area contributed by atoms with Crippen LogP contribution >= 0.6 is 0 Å². The van der Waals surface area contributed by atoms with Crippen LogP contribution in [0.5, 0.6) is 0 Å². The first kappa shape index (κ1) is 16.0. The Morgan fingerprint density at radius 1 is 0.929 bits per heavy atom. The largest absolute Gasteiger partial charge is 0.368 e. The Bertz CT molecular complexity index is 1180. The first-order valence-corrected chi connectivity index (χ1v) is 9.94. The molecule has 2 saturated heterocycles. The van der Waals surface area contributed by atoms with Gasteiger partial charge in [-0.2, -0.15) is 0 Å². The summed E-state index contributed by atoms with van der Waals surface area (Å²) in [6, 6.07) is 16.4. The molecule has 2 aromatic carbocycles. The van der Waals surface area contributed by atoms with Crippen molar-refractivity contribution in [2.24, 2.45) is 0 Å². The molecule has 0 aliphatic carbocycles. The quantitative estimate of drug-likeness (QED) is 0.584. The Morgan fingerprint density at radius 3 is 2.71 bits per heavy atom. The molecule has 2 aliphatic rings. The van der Waals surface area contributed by atoms with Crippen molar-refractivity contribution >= 4 is 27.4 Å². The van der Waals surface area contributed by atoms with Crippen LogP contribution in [0.4, 0.5) is 5.69 Å². The molecule has 2 fully saturated rings. The number of rotatable bonds is 2. The summed E-state index contributed by atoms with van der Waals surface area (Å²) in [5, 5.41) is 7.22. The fourth-order valence-corrected chi connectivity index (χ4v) is 4.69. The van der Waals surface area contributed by atoms with Crippen LogP contribution in [0.1, 0.15) is 12.8 Å². The van der Waals surface area contributed by atoms with Crippen LogP contribution < -0.4 is 10.2 Å². The number of pyridine rings is 1. The second-order valence-electron chi connectivity index (χ2n) is 7.88. The predicted molar refractivity (Wildman–Crippen MR) is 112 cm³/mol. The van der Waals surface area contributed by atoms with Gasteiger partial charge in [0.1, 0.15) is 0 Å². The first-order chi connectivity index (χ1) is 13.8. The third-order valence-electron chi connectivity index (χ3n) is 6.05. The van der Waals surface area contributed by atoms with Gasteiger partial charge in [0.05, 0.1) is 5.52 Å². The van der Waals surface area contributed by atoms with Crippen LogP contribution in [0.3, 0.4) is 0 Å². The number of nitrogens with one attached hydrogen (secondary N) is 1. The second-order valence-corrected chi connectivity index (χ2v) is 7.88. The van der Waals surface area contributed by atoms with Gasteiger partial charge < -0.3 is 10.2 Å². The van der Waals surface area contributed by atoms with Crippen LogP contribution in [-0.2, 0) is 0 Å². The molecule has 5 heteroatoms. The highest BCUT2D eigenvalue weighted by Gasteiger charge is 2.32. The summed E-state index contributed by atoms with van der Waals surface area (Å²) < 4.78 is 0. The van der Waals surface area contributed by atoms with Crippen molar-refractivity contribution in [3.05, 3.63) is 61.1 Å². The molecule has 2 unspecified atom stereocenters. The Morgan fingerprint density at radius 2 is 1.82 bits per heavy atom. The molecule has 28 heavy (non-hydrogen) atoms. The van der Waals surface area contributed by atoms with Crippen LogP contribution in [0.2, 0.25) is 0 Å². The fourth-order valence-electron chi connectivity index (χ4n) is 4.69. The van der Waals surface area contributed by atoms with Crippen molar-refractivity contribution < 1.29 is 0 Å². The lowest BCUT2D eigenvalue weighted by Crippen LogP contribution is -2.51. The number of aromatic nitrogens is 3. The summed E-state index contributed by atoms with van der Waals surface area (Å²) in [6.45, 7) is 2.19. The SMILES string of the molecule is c1cc(N2CC3CCC(C2)N3)c2ccc(-c3ncc4cnccc4n3)cc2c1. The Kier molecular flexibility index (Phi) is 3.56. The van der Waals surface area contributed by atoms with Gasteiger partial charge in [0.15, 0.2) is 5.82 Å². The van der Waals surface area contributed by atoms with Crippen molar-refractivity contribution in [2.75, 3.05) is 18.0 Å². The molecular weight excluding hydrogens is 346 g/mol. The number of hydrogen-bond donors (Lipinski definition) is 1. The van der Waals surface area contributed by atoms with E-state index in [1.54, 1.807) is 12.4 Å². The molecular formula is C23H21N5. The van der Waals surface area contributed by atoms with Crippen molar-refractivity contribution in [1.29, 1.82) is 0 Å². The topological polar surface area (TPSA) is 53.9 Å². The van der Waals surface area contributed by atoms with E-state index in [1.165, 1.54) is 29.3 Å². The highest BCUT2D eigenvalue weighted by molar-refractivity contribution is 5.96. The fraction of sp³-hybridized carbons (Fsp3) is 0.261. The van der Waals surface area contributed by atoms with E-state index in [4.69, 9.17) is 4.98 Å². The van der Waals surface area contributed by atoms with Gasteiger partial charge in [0, 0.05) is 65.8 Å². The van der Waals surface area contributed by atoms with Crippen molar-refractivity contribution in [3.63, 3.8) is 0 Å². The summed E-state index contributed by atoms with van der Waals surface area (Å²) in [5.41, 5.74) is 3.31. The third-order valence-corrected chi connectivity index (χ3v) is 6.05. The van der Waals surface area contributed by atoms with Crippen LogP contribution in [-0.4, -0.2) is 40.1 Å². The van der Waals surface area contributed by atoms with E-state index in [0.29, 0.717) is 12.1 Å². The number of hydrogen-bond acceptors (Lipinski definition) is 5. The van der Waals surface area contributed by atoms with E-state index in [-0.39, 0.29) is 0 Å². The smallest absolute Gasteiger partial charge is 0.159 e. The Hall–Kier alpha value is -3.05. The summed E-state index contributed by atoms with van der Waals surface area (Å²) in [4.78, 5) is 16.0. The van der Waals surface area contributed by atoms with E-state index >= 15 is 0 Å². The van der Waals surface area contributed by atoms with E-state index in [9.17, 15) is 0 Å². The zero-order valence-corrected chi connectivity index (χ0v) is 15.5. The molecule has 2 atom stereocenters. The maximum atomic E-state index is 4.72. The second kappa shape index (κ2) is 6.24. The minimum Gasteiger partial charge on any atom is -0.368 e. The number of piperazine rings is 1. The maximum absolute atomic E-state index is 4.72. The summed E-state index contributed by atoms with van der Waals surface area (Å²) >= 11 is 0. The molecule has 4 heterocycles. The minimum absolute atomic E-state index is 0.633. The highest BCUT2D eigenvalue weighted by Crippen LogP contribution is 2.33. The summed E-state index contributed by atoms with van der Waals surface area (Å²) in [6.07, 6.45) is 8.01. The molecule has 1 N–H and O–H groups in total. The molecule has 6 rings (SSSR count). The van der Waals surface area contributed by atoms with Gasteiger partial charge in [-0.25, -0.2) is 9.97 Å². The monoisotopic (exact) mass is 367 g/mol. The molecule has 2 bridgehead atoms. The maximum Gasteiger partial charge on any atom is 0.159 e. The van der Waals surface area contributed by atoms with Gasteiger partial charge in [0.25, 0.3) is 0 Å². The lowest BCUT2D eigenvalue weighted by atomic mass is 10.0. The zero-order chi connectivity index (χ0) is 18.5. The number of fused-ring (bicyclic) bond motifs is 4. The molecule has 2 aromatic heterocycles. The average Bonchev–Trinajstić information content (AvgIpc) is 3.10. The minimum atomic E-state index is 0.633. The van der Waals surface area contributed by atoms with E-state index in [1.807, 2.05) is 12.3 Å². The van der Waals surface area contributed by atoms with Gasteiger partial charge in [-0.1, -0.05) is 24.3 Å². The van der Waals surface area contributed by atoms with Crippen LogP contribution in [0.15, 0.2) is 61.1 Å². The molecule has 0 amide bonds. The summed E-state index contributed by atoms with van der Waals surface area (Å²) in [7, 11) is 0. The molecule has 0 radical (unpaired) electrons. The van der Waals surface area contributed by atoms with Gasteiger partial charge >= 0.3 is 0 Å². The van der Waals surface area contributed by atoms with Crippen molar-refractivity contribution in [2.45, 2.75) is 24.9 Å². The van der Waals surface area contributed by atoms with Crippen LogP contribution in [0.25, 0.3) is 33.1 Å². The Labute approximate surface area is 163 Å². The molecule has 138 valence electrons. The number of benzene rings is 2. The van der Waals surface area contributed by atoms with Gasteiger partial charge in [-0.15, -0.1) is 0 Å². The molecule has 0 spiro atoms. The van der Waals surface area contributed by atoms with Gasteiger partial charge in [0.2, 0.25) is 0 Å². The van der Waals surface area contributed by atoms with E-state index in [0.717, 1.165) is 35.4 Å². The number of nitrogens with zero attached hydrogens (tertiary/aromatic N) is 4. The van der Waals surface area contributed by atoms with E-state index < -0.39 is 0 Å². The molecule has 5 nitrogen and oxygen atoms in total. The van der Waals surface area contributed by atoms with Crippen LogP contribution in [0, 0.1) is 0 Å². The lowest BCUT2D eigenvalue weighted by Gasteiger charge is -2.35. The van der Waals surface area contributed by atoms with Crippen molar-refractivity contribution in [1.82, 2.24) is 20.3 Å². The third kappa shape index (κ3) is 2.62. The predicted octanol–water partition coefficient (Wildman–Crippen LogP) is 3.79. The van der Waals surface area contributed by atoms with Gasteiger partial charge in [-0.3, -0.25) is 4.98 Å². The lowest BCUT2D eigenvalue weighted by molar-refractivity contribution is 0.466. The van der Waals surface area contributed by atoms with E-state index in [2.05, 4.69) is 56.6 Å².